The Bertz CT molecular complexity index is 1140. The van der Waals surface area contributed by atoms with E-state index in [9.17, 15) is 4.79 Å². The van der Waals surface area contributed by atoms with Gasteiger partial charge in [0.15, 0.2) is 0 Å². The van der Waals surface area contributed by atoms with Crippen molar-refractivity contribution >= 4 is 39.3 Å². The zero-order chi connectivity index (χ0) is 20.2. The van der Waals surface area contributed by atoms with Crippen LogP contribution in [0.1, 0.15) is 27.7 Å². The average Bonchev–Trinajstić information content (AvgIpc) is 3.09. The van der Waals surface area contributed by atoms with Crippen LogP contribution in [0.2, 0.25) is 0 Å². The second kappa shape index (κ2) is 8.76. The van der Waals surface area contributed by atoms with E-state index in [1.165, 1.54) is 16.0 Å². The van der Waals surface area contributed by atoms with Crippen molar-refractivity contribution in [2.45, 2.75) is 24.6 Å². The van der Waals surface area contributed by atoms with Crippen LogP contribution in [0.15, 0.2) is 66.0 Å². The molecule has 0 atom stereocenters. The molecule has 0 N–H and O–H groups in total. The Labute approximate surface area is 178 Å². The van der Waals surface area contributed by atoms with Gasteiger partial charge in [-0.1, -0.05) is 42.5 Å². The summed E-state index contributed by atoms with van der Waals surface area (Å²) >= 11 is 3.39. The number of esters is 1. The number of nitrogens with zero attached hydrogens (tertiary/aromatic N) is 2. The molecule has 0 aliphatic carbocycles. The molecule has 0 spiro atoms. The van der Waals surface area contributed by atoms with Crippen LogP contribution in [0.3, 0.4) is 0 Å². The highest BCUT2D eigenvalue weighted by Gasteiger charge is 2.17. The van der Waals surface area contributed by atoms with E-state index in [1.807, 2.05) is 30.3 Å². The number of thioether (sulfide) groups is 1. The molecule has 0 unspecified atom stereocenters. The molecule has 2 heterocycles. The number of hydrogen-bond donors (Lipinski definition) is 0. The molecule has 146 valence electrons. The summed E-state index contributed by atoms with van der Waals surface area (Å²) in [7, 11) is 0. The normalized spacial score (nSPS) is 11.0. The van der Waals surface area contributed by atoms with E-state index >= 15 is 0 Å². The number of thiophene rings is 1. The maximum atomic E-state index is 11.8. The van der Waals surface area contributed by atoms with Crippen LogP contribution in [0.4, 0.5) is 0 Å². The quantitative estimate of drug-likeness (QED) is 0.213. The van der Waals surface area contributed by atoms with E-state index in [4.69, 9.17) is 4.74 Å². The highest BCUT2D eigenvalue weighted by Crippen LogP contribution is 2.41. The molecule has 0 radical (unpaired) electrons. The second-order valence-electron chi connectivity index (χ2n) is 6.46. The number of fused-ring (bicyclic) bond motifs is 1. The third kappa shape index (κ3) is 4.18. The summed E-state index contributed by atoms with van der Waals surface area (Å²) in [5.74, 6) is 0.476. The van der Waals surface area contributed by atoms with E-state index in [0.717, 1.165) is 26.6 Å². The molecule has 4 aromatic rings. The Hall–Kier alpha value is -2.70. The Kier molecular flexibility index (Phi) is 5.92. The number of aromatic nitrogens is 2. The maximum Gasteiger partial charge on any atom is 0.338 e. The van der Waals surface area contributed by atoms with E-state index < -0.39 is 0 Å². The molecule has 0 amide bonds. The van der Waals surface area contributed by atoms with Crippen molar-refractivity contribution in [3.8, 4) is 11.1 Å². The molecule has 29 heavy (non-hydrogen) atoms. The standard InChI is InChI=1S/C23H20N2O2S2/c1-3-27-23(26)18-11-9-16(10-12-18)13-28-21-20-19(17-7-5-4-6-8-17)15(2)29-22(20)25-14-24-21/h4-12,14H,3,13H2,1-2H3. The van der Waals surface area contributed by atoms with Crippen LogP contribution in [-0.4, -0.2) is 22.5 Å². The predicted octanol–water partition coefficient (Wildman–Crippen LogP) is 6.14. The lowest BCUT2D eigenvalue weighted by atomic mass is 10.0. The molecular formula is C23H20N2O2S2. The second-order valence-corrected chi connectivity index (χ2v) is 8.63. The van der Waals surface area contributed by atoms with E-state index in [2.05, 4.69) is 41.2 Å². The first-order valence-electron chi connectivity index (χ1n) is 9.35. The van der Waals surface area contributed by atoms with Crippen LogP contribution < -0.4 is 0 Å². The Morgan fingerprint density at radius 1 is 1.07 bits per heavy atom. The summed E-state index contributed by atoms with van der Waals surface area (Å²) in [6, 6.07) is 18.0. The van der Waals surface area contributed by atoms with Crippen LogP contribution >= 0.6 is 23.1 Å². The molecule has 2 aromatic heterocycles. The first-order chi connectivity index (χ1) is 14.2. The molecule has 4 rings (SSSR count). The van der Waals surface area contributed by atoms with Gasteiger partial charge in [0.25, 0.3) is 0 Å². The van der Waals surface area contributed by atoms with Gasteiger partial charge in [-0.2, -0.15) is 0 Å². The molecule has 0 aliphatic rings. The van der Waals surface area contributed by atoms with E-state index in [1.54, 1.807) is 36.3 Å². The summed E-state index contributed by atoms with van der Waals surface area (Å²) in [5.41, 5.74) is 4.10. The van der Waals surface area contributed by atoms with E-state index in [0.29, 0.717) is 12.2 Å². The van der Waals surface area contributed by atoms with Crippen molar-refractivity contribution in [2.75, 3.05) is 6.61 Å². The summed E-state index contributed by atoms with van der Waals surface area (Å²) in [4.78, 5) is 23.1. The number of carbonyl (C=O) groups is 1. The first-order valence-corrected chi connectivity index (χ1v) is 11.2. The van der Waals surface area contributed by atoms with Gasteiger partial charge < -0.3 is 4.74 Å². The van der Waals surface area contributed by atoms with Gasteiger partial charge in [-0.3, -0.25) is 0 Å². The minimum atomic E-state index is -0.287. The SMILES string of the molecule is CCOC(=O)c1ccc(CSc2ncnc3sc(C)c(-c4ccccc4)c23)cc1. The van der Waals surface area contributed by atoms with Crippen LogP contribution in [0, 0.1) is 6.92 Å². The van der Waals surface area contributed by atoms with Gasteiger partial charge in [-0.25, -0.2) is 14.8 Å². The molecular weight excluding hydrogens is 400 g/mol. The lowest BCUT2D eigenvalue weighted by Gasteiger charge is -2.07. The van der Waals surface area contributed by atoms with E-state index in [-0.39, 0.29) is 5.97 Å². The minimum Gasteiger partial charge on any atom is -0.462 e. The minimum absolute atomic E-state index is 0.287. The molecule has 0 fully saturated rings. The monoisotopic (exact) mass is 420 g/mol. The maximum absolute atomic E-state index is 11.8. The van der Waals surface area contributed by atoms with Crippen molar-refractivity contribution in [3.05, 3.63) is 76.9 Å². The third-order valence-corrected chi connectivity index (χ3v) is 6.61. The van der Waals surface area contributed by atoms with Crippen molar-refractivity contribution in [1.29, 1.82) is 0 Å². The molecule has 0 bridgehead atoms. The zero-order valence-corrected chi connectivity index (χ0v) is 17.8. The first kappa shape index (κ1) is 19.6. The summed E-state index contributed by atoms with van der Waals surface area (Å²) in [6.07, 6.45) is 1.64. The van der Waals surface area contributed by atoms with Crippen molar-refractivity contribution in [1.82, 2.24) is 9.97 Å². The Balaban J connectivity index is 1.61. The number of carbonyl (C=O) groups excluding carboxylic acids is 1. The van der Waals surface area contributed by atoms with Gasteiger partial charge in [0.1, 0.15) is 16.2 Å². The van der Waals surface area contributed by atoms with Crippen LogP contribution in [0.5, 0.6) is 0 Å². The lowest BCUT2D eigenvalue weighted by molar-refractivity contribution is 0.0526. The van der Waals surface area contributed by atoms with Crippen molar-refractivity contribution in [3.63, 3.8) is 0 Å². The highest BCUT2D eigenvalue weighted by atomic mass is 32.2. The number of benzene rings is 2. The van der Waals surface area contributed by atoms with Crippen LogP contribution in [0.25, 0.3) is 21.3 Å². The van der Waals surface area contributed by atoms with Gasteiger partial charge in [0, 0.05) is 16.2 Å². The Morgan fingerprint density at radius 2 is 1.83 bits per heavy atom. The number of hydrogen-bond acceptors (Lipinski definition) is 6. The molecule has 0 aliphatic heterocycles. The van der Waals surface area contributed by atoms with Gasteiger partial charge >= 0.3 is 5.97 Å². The summed E-state index contributed by atoms with van der Waals surface area (Å²) in [6.45, 7) is 4.32. The number of rotatable bonds is 6. The van der Waals surface area contributed by atoms with Crippen molar-refractivity contribution in [2.24, 2.45) is 0 Å². The average molecular weight is 421 g/mol. The molecule has 0 saturated carbocycles. The molecule has 0 saturated heterocycles. The third-order valence-electron chi connectivity index (χ3n) is 4.53. The number of ether oxygens (including phenoxy) is 1. The van der Waals surface area contributed by atoms with Gasteiger partial charge in [0.2, 0.25) is 0 Å². The largest absolute Gasteiger partial charge is 0.462 e. The summed E-state index contributed by atoms with van der Waals surface area (Å²) < 4.78 is 5.04. The topological polar surface area (TPSA) is 52.1 Å². The fourth-order valence-electron chi connectivity index (χ4n) is 3.18. The Morgan fingerprint density at radius 3 is 2.55 bits per heavy atom. The van der Waals surface area contributed by atoms with Gasteiger partial charge in [0.05, 0.1) is 17.6 Å². The van der Waals surface area contributed by atoms with Crippen LogP contribution in [-0.2, 0) is 10.5 Å². The van der Waals surface area contributed by atoms with Gasteiger partial charge in [-0.05, 0) is 37.1 Å². The zero-order valence-electron chi connectivity index (χ0n) is 16.2. The predicted molar refractivity (Wildman–Crippen MR) is 120 cm³/mol. The molecule has 2 aromatic carbocycles. The van der Waals surface area contributed by atoms with Gasteiger partial charge in [-0.15, -0.1) is 23.1 Å². The summed E-state index contributed by atoms with van der Waals surface area (Å²) in [5, 5.41) is 2.10. The smallest absolute Gasteiger partial charge is 0.338 e. The highest BCUT2D eigenvalue weighted by molar-refractivity contribution is 7.98. The molecule has 4 nitrogen and oxygen atoms in total. The molecule has 6 heteroatoms. The fourth-order valence-corrected chi connectivity index (χ4v) is 5.22. The fraction of sp³-hybridized carbons (Fsp3) is 0.174. The lowest BCUT2D eigenvalue weighted by Crippen LogP contribution is -2.04. The number of aryl methyl sites for hydroxylation is 1. The van der Waals surface area contributed by atoms with Crippen molar-refractivity contribution < 1.29 is 9.53 Å².